The van der Waals surface area contributed by atoms with E-state index in [9.17, 15) is 13.2 Å². The Hall–Kier alpha value is -2.67. The highest BCUT2D eigenvalue weighted by atomic mass is 35.5. The molecule has 0 amide bonds. The number of rotatable bonds is 7. The Bertz CT molecular complexity index is 1130. The van der Waals surface area contributed by atoms with Gasteiger partial charge in [0.2, 0.25) is 10.0 Å². The van der Waals surface area contributed by atoms with Crippen LogP contribution in [0.3, 0.4) is 0 Å². The van der Waals surface area contributed by atoms with Crippen LogP contribution < -0.4 is 0 Å². The van der Waals surface area contributed by atoms with Crippen LogP contribution in [0.4, 0.5) is 0 Å². The molecule has 1 atom stereocenters. The predicted molar refractivity (Wildman–Crippen MR) is 117 cm³/mol. The minimum Gasteiger partial charge on any atom is -0.478 e. The van der Waals surface area contributed by atoms with Crippen LogP contribution in [0.5, 0.6) is 0 Å². The van der Waals surface area contributed by atoms with Crippen molar-refractivity contribution in [1.29, 1.82) is 0 Å². The molecule has 0 saturated heterocycles. The largest absolute Gasteiger partial charge is 0.478 e. The number of halogens is 1. The van der Waals surface area contributed by atoms with Crippen LogP contribution in [0, 0.1) is 6.92 Å². The van der Waals surface area contributed by atoms with Gasteiger partial charge in [0.25, 0.3) is 0 Å². The molecule has 0 bridgehead atoms. The zero-order valence-electron chi connectivity index (χ0n) is 16.6. The van der Waals surface area contributed by atoms with Gasteiger partial charge in [0, 0.05) is 17.6 Å². The number of carbonyl (C=O) groups is 1. The van der Waals surface area contributed by atoms with Gasteiger partial charge in [-0.2, -0.15) is 4.31 Å². The molecule has 3 aromatic rings. The van der Waals surface area contributed by atoms with Crippen LogP contribution in [0.1, 0.15) is 40.0 Å². The third kappa shape index (κ3) is 4.90. The SMILES string of the molecule is Cc1ccc(C(C)N(Cc2ccc(C(=O)O)cc2)S(=O)(=O)c2ccc(Cl)cc2)cc1. The van der Waals surface area contributed by atoms with Crippen molar-refractivity contribution in [2.75, 3.05) is 0 Å². The lowest BCUT2D eigenvalue weighted by Gasteiger charge is -2.29. The summed E-state index contributed by atoms with van der Waals surface area (Å²) in [5, 5.41) is 9.56. The third-order valence-corrected chi connectivity index (χ3v) is 7.13. The Balaban J connectivity index is 2.02. The van der Waals surface area contributed by atoms with Crippen LogP contribution in [0.2, 0.25) is 5.02 Å². The van der Waals surface area contributed by atoms with Gasteiger partial charge in [0.1, 0.15) is 0 Å². The van der Waals surface area contributed by atoms with E-state index in [1.54, 1.807) is 24.3 Å². The van der Waals surface area contributed by atoms with E-state index in [0.717, 1.165) is 11.1 Å². The molecule has 30 heavy (non-hydrogen) atoms. The highest BCUT2D eigenvalue weighted by Gasteiger charge is 2.30. The van der Waals surface area contributed by atoms with Crippen LogP contribution in [0.15, 0.2) is 77.7 Å². The number of benzene rings is 3. The minimum atomic E-state index is -3.84. The van der Waals surface area contributed by atoms with Gasteiger partial charge in [-0.3, -0.25) is 0 Å². The molecule has 0 fully saturated rings. The molecular weight excluding hydrogens is 422 g/mol. The van der Waals surface area contributed by atoms with Gasteiger partial charge in [-0.25, -0.2) is 13.2 Å². The maximum atomic E-state index is 13.5. The first-order chi connectivity index (χ1) is 14.2. The second-order valence-corrected chi connectivity index (χ2v) is 9.42. The lowest BCUT2D eigenvalue weighted by Crippen LogP contribution is -2.33. The molecule has 1 N–H and O–H groups in total. The monoisotopic (exact) mass is 443 g/mol. The normalized spacial score (nSPS) is 12.7. The van der Waals surface area contributed by atoms with Gasteiger partial charge in [-0.15, -0.1) is 0 Å². The number of aromatic carboxylic acids is 1. The molecule has 0 heterocycles. The highest BCUT2D eigenvalue weighted by Crippen LogP contribution is 2.30. The molecule has 156 valence electrons. The van der Waals surface area contributed by atoms with Crippen molar-refractivity contribution in [2.24, 2.45) is 0 Å². The van der Waals surface area contributed by atoms with Crippen molar-refractivity contribution in [3.8, 4) is 0 Å². The first-order valence-electron chi connectivity index (χ1n) is 9.34. The second kappa shape index (κ2) is 9.00. The standard InChI is InChI=1S/C23H22ClNO4S/c1-16-3-7-19(8-4-16)17(2)25(15-18-5-9-20(10-6-18)23(26)27)30(28,29)22-13-11-21(24)12-14-22/h3-14,17H,15H2,1-2H3,(H,26,27). The Morgan fingerprint density at radius 2 is 1.53 bits per heavy atom. The average Bonchev–Trinajstić information content (AvgIpc) is 2.72. The van der Waals surface area contributed by atoms with E-state index in [0.29, 0.717) is 10.6 Å². The van der Waals surface area contributed by atoms with Crippen LogP contribution >= 0.6 is 11.6 Å². The summed E-state index contributed by atoms with van der Waals surface area (Å²) in [6.45, 7) is 3.91. The highest BCUT2D eigenvalue weighted by molar-refractivity contribution is 7.89. The van der Waals surface area contributed by atoms with Crippen molar-refractivity contribution in [1.82, 2.24) is 4.31 Å². The van der Waals surface area contributed by atoms with Gasteiger partial charge in [0.15, 0.2) is 0 Å². The maximum Gasteiger partial charge on any atom is 0.335 e. The third-order valence-electron chi connectivity index (χ3n) is 4.95. The lowest BCUT2D eigenvalue weighted by atomic mass is 10.1. The van der Waals surface area contributed by atoms with Crippen molar-refractivity contribution in [3.63, 3.8) is 0 Å². The summed E-state index contributed by atoms with van der Waals surface area (Å²) in [7, 11) is -3.84. The topological polar surface area (TPSA) is 74.7 Å². The lowest BCUT2D eigenvalue weighted by molar-refractivity contribution is 0.0697. The van der Waals surface area contributed by atoms with E-state index in [2.05, 4.69) is 0 Å². The number of carboxylic acids is 1. The maximum absolute atomic E-state index is 13.5. The summed E-state index contributed by atoms with van der Waals surface area (Å²) in [4.78, 5) is 11.3. The minimum absolute atomic E-state index is 0.0971. The Morgan fingerprint density at radius 1 is 0.967 bits per heavy atom. The summed E-state index contributed by atoms with van der Waals surface area (Å²) in [6.07, 6.45) is 0. The molecule has 0 spiro atoms. The molecule has 7 heteroatoms. The van der Waals surface area contributed by atoms with Gasteiger partial charge in [-0.05, 0) is 61.4 Å². The predicted octanol–water partition coefficient (Wildman–Crippen LogP) is 5.30. The molecule has 1 unspecified atom stereocenters. The molecule has 0 aliphatic carbocycles. The number of hydrogen-bond donors (Lipinski definition) is 1. The quantitative estimate of drug-likeness (QED) is 0.537. The smallest absolute Gasteiger partial charge is 0.335 e. The summed E-state index contributed by atoms with van der Waals surface area (Å²) in [5.41, 5.74) is 2.79. The Labute approximate surface area is 181 Å². The average molecular weight is 444 g/mol. The molecular formula is C23H22ClNO4S. The molecule has 0 radical (unpaired) electrons. The fourth-order valence-electron chi connectivity index (χ4n) is 3.12. The van der Waals surface area contributed by atoms with Crippen molar-refractivity contribution >= 4 is 27.6 Å². The summed E-state index contributed by atoms with van der Waals surface area (Å²) >= 11 is 5.93. The number of nitrogens with zero attached hydrogens (tertiary/aromatic N) is 1. The van der Waals surface area contributed by atoms with Crippen LogP contribution in [0.25, 0.3) is 0 Å². The van der Waals surface area contributed by atoms with Crippen LogP contribution in [-0.4, -0.2) is 23.8 Å². The zero-order valence-corrected chi connectivity index (χ0v) is 18.2. The summed E-state index contributed by atoms with van der Waals surface area (Å²) in [6, 6.07) is 19.6. The van der Waals surface area contributed by atoms with Gasteiger partial charge in [0.05, 0.1) is 10.5 Å². The fourth-order valence-corrected chi connectivity index (χ4v) is 4.85. The molecule has 3 rings (SSSR count). The zero-order chi connectivity index (χ0) is 21.9. The number of aryl methyl sites for hydroxylation is 1. The summed E-state index contributed by atoms with van der Waals surface area (Å²) < 4.78 is 28.4. The Morgan fingerprint density at radius 3 is 2.07 bits per heavy atom. The van der Waals surface area contributed by atoms with Crippen molar-refractivity contribution in [3.05, 3.63) is 100 Å². The van der Waals surface area contributed by atoms with E-state index in [1.165, 1.54) is 28.6 Å². The van der Waals surface area contributed by atoms with E-state index in [1.807, 2.05) is 38.1 Å². The Kier molecular flexibility index (Phi) is 6.61. The molecule has 0 aliphatic rings. The first-order valence-corrected chi connectivity index (χ1v) is 11.2. The molecule has 0 aromatic heterocycles. The second-order valence-electron chi connectivity index (χ2n) is 7.09. The number of hydrogen-bond acceptors (Lipinski definition) is 3. The molecule has 0 aliphatic heterocycles. The molecule has 3 aromatic carbocycles. The van der Waals surface area contributed by atoms with Crippen molar-refractivity contribution < 1.29 is 18.3 Å². The van der Waals surface area contributed by atoms with E-state index >= 15 is 0 Å². The first kappa shape index (κ1) is 22.0. The fraction of sp³-hybridized carbons (Fsp3) is 0.174. The number of sulfonamides is 1. The van der Waals surface area contributed by atoms with Gasteiger partial charge >= 0.3 is 5.97 Å². The van der Waals surface area contributed by atoms with E-state index in [-0.39, 0.29) is 17.0 Å². The number of carboxylic acid groups (broad SMARTS) is 1. The van der Waals surface area contributed by atoms with Crippen molar-refractivity contribution in [2.45, 2.75) is 31.3 Å². The van der Waals surface area contributed by atoms with Gasteiger partial charge < -0.3 is 5.11 Å². The van der Waals surface area contributed by atoms with Crippen LogP contribution in [-0.2, 0) is 16.6 Å². The van der Waals surface area contributed by atoms with E-state index < -0.39 is 22.0 Å². The van der Waals surface area contributed by atoms with Gasteiger partial charge in [-0.1, -0.05) is 53.6 Å². The molecule has 0 saturated carbocycles. The molecule has 5 nitrogen and oxygen atoms in total. The summed E-state index contributed by atoms with van der Waals surface area (Å²) in [5.74, 6) is -1.03. The van der Waals surface area contributed by atoms with E-state index in [4.69, 9.17) is 16.7 Å².